The predicted octanol–water partition coefficient (Wildman–Crippen LogP) is 3.41. The summed E-state index contributed by atoms with van der Waals surface area (Å²) in [6.07, 6.45) is 0. The molecule has 1 N–H and O–H groups in total. The maximum absolute atomic E-state index is 12.8. The van der Waals surface area contributed by atoms with Crippen LogP contribution < -0.4 is 19.1 Å². The molecule has 0 saturated heterocycles. The molecule has 0 unspecified atom stereocenters. The van der Waals surface area contributed by atoms with E-state index in [2.05, 4.69) is 4.72 Å². The highest BCUT2D eigenvalue weighted by atomic mass is 32.2. The maximum Gasteiger partial charge on any atom is 0.261 e. The van der Waals surface area contributed by atoms with Crippen molar-refractivity contribution in [3.05, 3.63) is 42.5 Å². The van der Waals surface area contributed by atoms with Gasteiger partial charge in [0.1, 0.15) is 17.1 Å². The number of carbonyl (C=O) groups is 1. The molecule has 150 valence electrons. The summed E-state index contributed by atoms with van der Waals surface area (Å²) in [7, 11) is -3.83. The summed E-state index contributed by atoms with van der Waals surface area (Å²) < 4.78 is 39.4. The molecule has 0 radical (unpaired) electrons. The number of nitrogens with one attached hydrogen (secondary N) is 1. The largest absolute Gasteiger partial charge is 0.494 e. The summed E-state index contributed by atoms with van der Waals surface area (Å²) in [5, 5.41) is 0. The van der Waals surface area contributed by atoms with Gasteiger partial charge in [-0.05, 0) is 63.2 Å². The van der Waals surface area contributed by atoms with Gasteiger partial charge in [0.25, 0.3) is 10.0 Å². The van der Waals surface area contributed by atoms with Crippen LogP contribution in [0.5, 0.6) is 11.5 Å². The van der Waals surface area contributed by atoms with Gasteiger partial charge in [0.15, 0.2) is 0 Å². The van der Waals surface area contributed by atoms with Crippen molar-refractivity contribution in [3.8, 4) is 11.5 Å². The number of sulfonamides is 1. The number of rotatable bonds is 5. The Balaban J connectivity index is 1.91. The van der Waals surface area contributed by atoms with Crippen LogP contribution in [0.15, 0.2) is 47.4 Å². The monoisotopic (exact) mass is 404 g/mol. The Bertz CT molecular complexity index is 984. The molecular formula is C20H24N2O5S. The average molecular weight is 404 g/mol. The third-order valence-electron chi connectivity index (χ3n) is 4.25. The fraction of sp³-hybridized carbons (Fsp3) is 0.350. The van der Waals surface area contributed by atoms with E-state index >= 15 is 0 Å². The van der Waals surface area contributed by atoms with E-state index in [1.165, 1.54) is 24.0 Å². The van der Waals surface area contributed by atoms with E-state index in [4.69, 9.17) is 9.47 Å². The first-order valence-corrected chi connectivity index (χ1v) is 10.5. The summed E-state index contributed by atoms with van der Waals surface area (Å²) >= 11 is 0. The van der Waals surface area contributed by atoms with Gasteiger partial charge in [0.2, 0.25) is 5.91 Å². The van der Waals surface area contributed by atoms with E-state index in [0.29, 0.717) is 36.0 Å². The van der Waals surface area contributed by atoms with Crippen molar-refractivity contribution < 1.29 is 22.7 Å². The number of benzene rings is 2. The van der Waals surface area contributed by atoms with Gasteiger partial charge in [-0.25, -0.2) is 8.42 Å². The second-order valence-electron chi connectivity index (χ2n) is 7.16. The molecule has 1 aliphatic rings. The van der Waals surface area contributed by atoms with Crippen LogP contribution in [0.2, 0.25) is 0 Å². The molecule has 0 fully saturated rings. The summed E-state index contributed by atoms with van der Waals surface area (Å²) in [5.74, 6) is 0.967. The highest BCUT2D eigenvalue weighted by Gasteiger charge is 2.34. The third kappa shape index (κ3) is 4.22. The zero-order valence-corrected chi connectivity index (χ0v) is 17.2. The van der Waals surface area contributed by atoms with Gasteiger partial charge in [0, 0.05) is 12.6 Å². The average Bonchev–Trinajstić information content (AvgIpc) is 2.61. The highest BCUT2D eigenvalue weighted by molar-refractivity contribution is 7.92. The molecule has 2 aromatic carbocycles. The van der Waals surface area contributed by atoms with Crippen molar-refractivity contribution in [2.45, 2.75) is 38.2 Å². The van der Waals surface area contributed by atoms with Gasteiger partial charge >= 0.3 is 0 Å². The SMILES string of the molecule is CCOc1ccc(NS(=O)(=O)c2ccc3c(c2)N(C(C)=O)CC(C)(C)O3)cc1. The Hall–Kier alpha value is -2.74. The topological polar surface area (TPSA) is 84.9 Å². The minimum atomic E-state index is -3.83. The normalized spacial score (nSPS) is 15.4. The van der Waals surface area contributed by atoms with Crippen molar-refractivity contribution in [2.24, 2.45) is 0 Å². The first-order valence-electron chi connectivity index (χ1n) is 8.98. The smallest absolute Gasteiger partial charge is 0.261 e. The summed E-state index contributed by atoms with van der Waals surface area (Å²) in [6, 6.07) is 11.2. The van der Waals surface area contributed by atoms with Crippen LogP contribution in [0.3, 0.4) is 0 Å². The van der Waals surface area contributed by atoms with Crippen molar-refractivity contribution in [1.82, 2.24) is 0 Å². The Morgan fingerprint density at radius 3 is 2.50 bits per heavy atom. The van der Waals surface area contributed by atoms with Crippen LogP contribution >= 0.6 is 0 Å². The minimum Gasteiger partial charge on any atom is -0.494 e. The summed E-state index contributed by atoms with van der Waals surface area (Å²) in [6.45, 7) is 7.96. The van der Waals surface area contributed by atoms with E-state index in [1.54, 1.807) is 30.3 Å². The van der Waals surface area contributed by atoms with Gasteiger partial charge < -0.3 is 14.4 Å². The fourth-order valence-electron chi connectivity index (χ4n) is 3.04. The summed E-state index contributed by atoms with van der Waals surface area (Å²) in [4.78, 5) is 13.7. The van der Waals surface area contributed by atoms with Crippen LogP contribution in [0.25, 0.3) is 0 Å². The van der Waals surface area contributed by atoms with Crippen molar-refractivity contribution >= 4 is 27.3 Å². The molecule has 1 aliphatic heterocycles. The number of amides is 1. The zero-order chi connectivity index (χ0) is 20.5. The van der Waals surface area contributed by atoms with Crippen LogP contribution in [0.1, 0.15) is 27.7 Å². The molecule has 0 atom stereocenters. The third-order valence-corrected chi connectivity index (χ3v) is 5.63. The number of nitrogens with zero attached hydrogens (tertiary/aromatic N) is 1. The maximum atomic E-state index is 12.8. The number of carbonyl (C=O) groups excluding carboxylic acids is 1. The molecule has 2 aromatic rings. The van der Waals surface area contributed by atoms with E-state index in [-0.39, 0.29) is 10.8 Å². The second-order valence-corrected chi connectivity index (χ2v) is 8.84. The van der Waals surface area contributed by atoms with Gasteiger partial charge in [-0.2, -0.15) is 0 Å². The van der Waals surface area contributed by atoms with Crippen LogP contribution in [-0.2, 0) is 14.8 Å². The second kappa shape index (κ2) is 7.35. The lowest BCUT2D eigenvalue weighted by Crippen LogP contribution is -2.48. The lowest BCUT2D eigenvalue weighted by atomic mass is 10.1. The number of ether oxygens (including phenoxy) is 2. The number of hydrogen-bond donors (Lipinski definition) is 1. The van der Waals surface area contributed by atoms with E-state index in [1.807, 2.05) is 20.8 Å². The molecule has 0 aliphatic carbocycles. The standard InChI is InChI=1S/C20H24N2O5S/c1-5-26-16-8-6-15(7-9-16)21-28(24,25)17-10-11-19-18(12-17)22(14(2)23)13-20(3,4)27-19/h6-12,21H,5,13H2,1-4H3. The van der Waals surface area contributed by atoms with Gasteiger partial charge in [-0.3, -0.25) is 9.52 Å². The minimum absolute atomic E-state index is 0.0506. The quantitative estimate of drug-likeness (QED) is 0.825. The first-order chi connectivity index (χ1) is 13.1. The van der Waals surface area contributed by atoms with Crippen molar-refractivity contribution in [3.63, 3.8) is 0 Å². The van der Waals surface area contributed by atoms with Crippen LogP contribution in [0.4, 0.5) is 11.4 Å². The molecule has 7 nitrogen and oxygen atoms in total. The lowest BCUT2D eigenvalue weighted by molar-refractivity contribution is -0.117. The predicted molar refractivity (Wildman–Crippen MR) is 108 cm³/mol. The molecule has 0 saturated carbocycles. The Labute approximate surface area is 165 Å². The highest BCUT2D eigenvalue weighted by Crippen LogP contribution is 2.38. The van der Waals surface area contributed by atoms with Gasteiger partial charge in [0.05, 0.1) is 23.7 Å². The lowest BCUT2D eigenvalue weighted by Gasteiger charge is -2.39. The van der Waals surface area contributed by atoms with Gasteiger partial charge in [-0.15, -0.1) is 0 Å². The van der Waals surface area contributed by atoms with E-state index in [9.17, 15) is 13.2 Å². The molecular weight excluding hydrogens is 380 g/mol. The molecule has 1 amide bonds. The Morgan fingerprint density at radius 2 is 1.89 bits per heavy atom. The zero-order valence-electron chi connectivity index (χ0n) is 16.4. The molecule has 0 spiro atoms. The Morgan fingerprint density at radius 1 is 1.21 bits per heavy atom. The molecule has 8 heteroatoms. The number of fused-ring (bicyclic) bond motifs is 1. The van der Waals surface area contributed by atoms with E-state index in [0.717, 1.165) is 0 Å². The molecule has 0 aromatic heterocycles. The van der Waals surface area contributed by atoms with Crippen molar-refractivity contribution in [2.75, 3.05) is 22.8 Å². The molecule has 1 heterocycles. The fourth-order valence-corrected chi connectivity index (χ4v) is 4.12. The van der Waals surface area contributed by atoms with Gasteiger partial charge in [-0.1, -0.05) is 0 Å². The van der Waals surface area contributed by atoms with Crippen molar-refractivity contribution in [1.29, 1.82) is 0 Å². The molecule has 3 rings (SSSR count). The molecule has 28 heavy (non-hydrogen) atoms. The first kappa shape index (κ1) is 20.0. The number of hydrogen-bond acceptors (Lipinski definition) is 5. The Kier molecular flexibility index (Phi) is 5.25. The van der Waals surface area contributed by atoms with Crippen LogP contribution in [-0.4, -0.2) is 33.1 Å². The summed E-state index contributed by atoms with van der Waals surface area (Å²) in [5.41, 5.74) is 0.308. The molecule has 0 bridgehead atoms. The van der Waals surface area contributed by atoms with Crippen LogP contribution in [0, 0.1) is 0 Å². The number of anilines is 2. The van der Waals surface area contributed by atoms with E-state index < -0.39 is 15.6 Å².